The van der Waals surface area contributed by atoms with Crippen molar-refractivity contribution in [1.29, 1.82) is 5.26 Å². The Bertz CT molecular complexity index is 658. The summed E-state index contributed by atoms with van der Waals surface area (Å²) >= 11 is 0. The van der Waals surface area contributed by atoms with Crippen LogP contribution in [0.3, 0.4) is 0 Å². The molecular weight excluding hydrogens is 308 g/mol. The number of ether oxygens (including phenoxy) is 1. The van der Waals surface area contributed by atoms with E-state index in [1.165, 1.54) is 16.0 Å². The number of hydrogen-bond acceptors (Lipinski definition) is 5. The molecule has 0 spiro atoms. The minimum atomic E-state index is -0.603. The molecular formula is C17H22N4O3. The van der Waals surface area contributed by atoms with E-state index >= 15 is 0 Å². The van der Waals surface area contributed by atoms with E-state index < -0.39 is 17.7 Å². The van der Waals surface area contributed by atoms with Gasteiger partial charge in [0.15, 0.2) is 0 Å². The Morgan fingerprint density at radius 2 is 2.12 bits per heavy atom. The number of likely N-dealkylation sites (N-methyl/N-ethyl adjacent to an activating group) is 1. The van der Waals surface area contributed by atoms with Crippen molar-refractivity contribution < 1.29 is 14.3 Å². The Hall–Kier alpha value is -2.62. The number of nitrogens with zero attached hydrogens (tertiary/aromatic N) is 4. The first-order valence-corrected chi connectivity index (χ1v) is 7.86. The van der Waals surface area contributed by atoms with Crippen LogP contribution in [0.15, 0.2) is 18.3 Å². The highest BCUT2D eigenvalue weighted by Gasteiger charge is 2.38. The highest BCUT2D eigenvalue weighted by molar-refractivity contribution is 5.97. The molecule has 0 radical (unpaired) electrons. The molecule has 2 heterocycles. The van der Waals surface area contributed by atoms with Crippen molar-refractivity contribution in [3.05, 3.63) is 23.9 Å². The van der Waals surface area contributed by atoms with Crippen LogP contribution in [0, 0.1) is 11.3 Å². The Morgan fingerprint density at radius 1 is 1.42 bits per heavy atom. The molecule has 1 aromatic rings. The minimum Gasteiger partial charge on any atom is -0.444 e. The highest BCUT2D eigenvalue weighted by atomic mass is 16.6. The quantitative estimate of drug-likeness (QED) is 0.830. The van der Waals surface area contributed by atoms with Crippen LogP contribution in [0.4, 0.5) is 10.6 Å². The van der Waals surface area contributed by atoms with Crippen LogP contribution < -0.4 is 4.90 Å². The number of carbonyl (C=O) groups excluding carboxylic acids is 2. The van der Waals surface area contributed by atoms with Crippen LogP contribution in [-0.4, -0.2) is 47.1 Å². The topological polar surface area (TPSA) is 86.5 Å². The second kappa shape index (κ2) is 6.87. The summed E-state index contributed by atoms with van der Waals surface area (Å²) in [5.74, 6) is 0.227. The first-order valence-electron chi connectivity index (χ1n) is 7.86. The highest BCUT2D eigenvalue weighted by Crippen LogP contribution is 2.23. The summed E-state index contributed by atoms with van der Waals surface area (Å²) in [5, 5.41) is 8.81. The van der Waals surface area contributed by atoms with Gasteiger partial charge in [-0.2, -0.15) is 5.26 Å². The van der Waals surface area contributed by atoms with Gasteiger partial charge in [-0.1, -0.05) is 0 Å². The van der Waals surface area contributed by atoms with E-state index in [0.717, 1.165) is 6.42 Å². The normalized spacial score (nSPS) is 17.3. The smallest absolute Gasteiger partial charge is 0.410 e. The summed E-state index contributed by atoms with van der Waals surface area (Å²) in [6.45, 7) is 5.89. The van der Waals surface area contributed by atoms with Gasteiger partial charge in [0.1, 0.15) is 23.5 Å². The zero-order valence-corrected chi connectivity index (χ0v) is 14.4. The molecule has 1 aliphatic heterocycles. The Balaban J connectivity index is 2.12. The molecule has 0 saturated carbocycles. The third-order valence-electron chi connectivity index (χ3n) is 3.72. The lowest BCUT2D eigenvalue weighted by Gasteiger charge is -2.30. The fourth-order valence-electron chi connectivity index (χ4n) is 2.55. The van der Waals surface area contributed by atoms with Crippen molar-refractivity contribution in [2.75, 3.05) is 18.5 Å². The number of hydrogen-bond donors (Lipinski definition) is 0. The lowest BCUT2D eigenvalue weighted by molar-refractivity contribution is -0.122. The van der Waals surface area contributed by atoms with E-state index in [2.05, 4.69) is 4.98 Å². The molecule has 0 aromatic carbocycles. The van der Waals surface area contributed by atoms with Gasteiger partial charge in [0, 0.05) is 19.8 Å². The maximum absolute atomic E-state index is 12.8. The van der Waals surface area contributed by atoms with Gasteiger partial charge < -0.3 is 4.74 Å². The van der Waals surface area contributed by atoms with Gasteiger partial charge >= 0.3 is 6.09 Å². The van der Waals surface area contributed by atoms with Crippen LogP contribution in [0.5, 0.6) is 0 Å². The first kappa shape index (κ1) is 17.7. The first-order chi connectivity index (χ1) is 11.2. The van der Waals surface area contributed by atoms with E-state index in [4.69, 9.17) is 10.00 Å². The Morgan fingerprint density at radius 3 is 2.67 bits per heavy atom. The third kappa shape index (κ3) is 4.02. The predicted molar refractivity (Wildman–Crippen MR) is 88.3 cm³/mol. The van der Waals surface area contributed by atoms with Gasteiger partial charge in [0.2, 0.25) is 0 Å². The molecule has 0 unspecified atom stereocenters. The molecule has 1 aliphatic rings. The van der Waals surface area contributed by atoms with Gasteiger partial charge in [-0.25, -0.2) is 9.78 Å². The van der Waals surface area contributed by atoms with Gasteiger partial charge in [-0.15, -0.1) is 0 Å². The number of carbonyl (C=O) groups is 2. The second-order valence-corrected chi connectivity index (χ2v) is 6.75. The van der Waals surface area contributed by atoms with Gasteiger partial charge in [-0.3, -0.25) is 14.6 Å². The summed E-state index contributed by atoms with van der Waals surface area (Å²) in [7, 11) is 1.61. The second-order valence-electron chi connectivity index (χ2n) is 6.75. The molecule has 0 aliphatic carbocycles. The lowest BCUT2D eigenvalue weighted by atomic mass is 10.2. The van der Waals surface area contributed by atoms with Crippen LogP contribution in [-0.2, 0) is 9.53 Å². The molecule has 1 atom stereocenters. The zero-order valence-electron chi connectivity index (χ0n) is 14.4. The van der Waals surface area contributed by atoms with Gasteiger partial charge in [0.05, 0.1) is 5.56 Å². The lowest BCUT2D eigenvalue weighted by Crippen LogP contribution is -2.48. The molecule has 1 fully saturated rings. The van der Waals surface area contributed by atoms with E-state index in [0.29, 0.717) is 24.3 Å². The fourth-order valence-corrected chi connectivity index (χ4v) is 2.55. The number of pyridine rings is 1. The number of aromatic nitrogens is 1. The van der Waals surface area contributed by atoms with Crippen molar-refractivity contribution in [1.82, 2.24) is 9.88 Å². The molecule has 7 heteroatoms. The van der Waals surface area contributed by atoms with Crippen molar-refractivity contribution in [2.45, 2.75) is 45.3 Å². The molecule has 1 aromatic heterocycles. The maximum Gasteiger partial charge on any atom is 0.410 e. The molecule has 7 nitrogen and oxygen atoms in total. The van der Waals surface area contributed by atoms with Crippen LogP contribution in [0.2, 0.25) is 0 Å². The van der Waals surface area contributed by atoms with Crippen LogP contribution >= 0.6 is 0 Å². The average Bonchev–Trinajstić information content (AvgIpc) is 3.01. The number of amides is 2. The average molecular weight is 330 g/mol. The number of rotatable bonds is 2. The van der Waals surface area contributed by atoms with Crippen LogP contribution in [0.1, 0.15) is 39.2 Å². The molecule has 0 bridgehead atoms. The van der Waals surface area contributed by atoms with E-state index in [1.807, 2.05) is 6.07 Å². The largest absolute Gasteiger partial charge is 0.444 e. The summed E-state index contributed by atoms with van der Waals surface area (Å²) in [6.07, 6.45) is 2.29. The SMILES string of the molecule is CN(C(=O)[C@@H]1CCCN1C(=O)OC(C)(C)C)c1ccc(C#N)cn1. The zero-order chi connectivity index (χ0) is 17.9. The number of anilines is 1. The number of likely N-dealkylation sites (tertiary alicyclic amines) is 1. The van der Waals surface area contributed by atoms with Crippen molar-refractivity contribution in [3.8, 4) is 6.07 Å². The maximum atomic E-state index is 12.8. The minimum absolute atomic E-state index is 0.212. The van der Waals surface area contributed by atoms with E-state index in [9.17, 15) is 9.59 Å². The molecule has 2 amide bonds. The summed E-state index contributed by atoms with van der Waals surface area (Å²) in [5.41, 5.74) is -0.177. The van der Waals surface area contributed by atoms with Gasteiger partial charge in [-0.05, 0) is 45.7 Å². The van der Waals surface area contributed by atoms with Crippen molar-refractivity contribution in [2.24, 2.45) is 0 Å². The Labute approximate surface area is 141 Å². The molecule has 24 heavy (non-hydrogen) atoms. The molecule has 2 rings (SSSR count). The number of nitriles is 1. The van der Waals surface area contributed by atoms with Crippen molar-refractivity contribution in [3.63, 3.8) is 0 Å². The van der Waals surface area contributed by atoms with Crippen LogP contribution in [0.25, 0.3) is 0 Å². The molecule has 128 valence electrons. The van der Waals surface area contributed by atoms with E-state index in [-0.39, 0.29) is 5.91 Å². The standard InChI is InChI=1S/C17H22N4O3/c1-17(2,3)24-16(23)21-9-5-6-13(21)15(22)20(4)14-8-7-12(10-18)11-19-14/h7-8,11,13H,5-6,9H2,1-4H3/t13-/m0/s1. The monoisotopic (exact) mass is 330 g/mol. The Kier molecular flexibility index (Phi) is 5.07. The fraction of sp³-hybridized carbons (Fsp3) is 0.529. The van der Waals surface area contributed by atoms with Crippen molar-refractivity contribution >= 4 is 17.8 Å². The summed E-state index contributed by atoms with van der Waals surface area (Å²) in [4.78, 5) is 32.1. The third-order valence-corrected chi connectivity index (χ3v) is 3.72. The van der Waals surface area contributed by atoms with Gasteiger partial charge in [0.25, 0.3) is 5.91 Å². The molecule has 1 saturated heterocycles. The summed E-state index contributed by atoms with van der Waals surface area (Å²) < 4.78 is 5.38. The summed E-state index contributed by atoms with van der Waals surface area (Å²) in [6, 6.07) is 4.65. The predicted octanol–water partition coefficient (Wildman–Crippen LogP) is 2.32. The molecule has 0 N–H and O–H groups in total. The van der Waals surface area contributed by atoms with E-state index in [1.54, 1.807) is 40.0 Å².